The summed E-state index contributed by atoms with van der Waals surface area (Å²) in [5, 5.41) is 2.70. The number of ether oxygens (including phenoxy) is 1. The molecule has 122 valence electrons. The van der Waals surface area contributed by atoms with Crippen LogP contribution in [0.15, 0.2) is 41.0 Å². The van der Waals surface area contributed by atoms with Crippen molar-refractivity contribution < 1.29 is 23.1 Å². The summed E-state index contributed by atoms with van der Waals surface area (Å²) in [6, 6.07) is 7.53. The van der Waals surface area contributed by atoms with Crippen molar-refractivity contribution in [2.24, 2.45) is 0 Å². The van der Waals surface area contributed by atoms with Gasteiger partial charge in [-0.3, -0.25) is 9.59 Å². The predicted octanol–water partition coefficient (Wildman–Crippen LogP) is 2.86. The van der Waals surface area contributed by atoms with Gasteiger partial charge in [0.25, 0.3) is 5.91 Å². The molecule has 1 heterocycles. The number of hydrogen-bond acceptors (Lipinski definition) is 4. The Morgan fingerprint density at radius 2 is 2.13 bits per heavy atom. The van der Waals surface area contributed by atoms with E-state index in [-0.39, 0.29) is 23.6 Å². The third-order valence-corrected chi connectivity index (χ3v) is 3.43. The SMILES string of the molecule is C[C@H](OC(=O)Cc1c(F)cccc1Cl)C(=O)NCc1ccco1. The Labute approximate surface area is 137 Å². The number of carbonyl (C=O) groups excluding carboxylic acids is 2. The minimum absolute atomic E-state index is 0.0439. The van der Waals surface area contributed by atoms with Crippen LogP contribution in [0, 0.1) is 5.82 Å². The van der Waals surface area contributed by atoms with Crippen LogP contribution in [-0.4, -0.2) is 18.0 Å². The molecule has 0 saturated heterocycles. The number of furan rings is 1. The largest absolute Gasteiger partial charge is 0.467 e. The van der Waals surface area contributed by atoms with Gasteiger partial charge in [0.15, 0.2) is 6.10 Å². The van der Waals surface area contributed by atoms with E-state index < -0.39 is 23.8 Å². The van der Waals surface area contributed by atoms with Gasteiger partial charge in [-0.15, -0.1) is 0 Å². The summed E-state index contributed by atoms with van der Waals surface area (Å²) in [7, 11) is 0. The topological polar surface area (TPSA) is 68.5 Å². The normalized spacial score (nSPS) is 11.8. The first-order valence-electron chi connectivity index (χ1n) is 6.90. The Bertz CT molecular complexity index is 667. The highest BCUT2D eigenvalue weighted by Gasteiger charge is 2.20. The van der Waals surface area contributed by atoms with E-state index >= 15 is 0 Å². The summed E-state index contributed by atoms with van der Waals surface area (Å²) >= 11 is 5.84. The second-order valence-corrected chi connectivity index (χ2v) is 5.21. The molecule has 1 N–H and O–H groups in total. The van der Waals surface area contributed by atoms with E-state index in [2.05, 4.69) is 5.32 Å². The first kappa shape index (κ1) is 17.0. The fourth-order valence-corrected chi connectivity index (χ4v) is 2.10. The van der Waals surface area contributed by atoms with E-state index in [1.54, 1.807) is 12.1 Å². The molecule has 2 rings (SSSR count). The van der Waals surface area contributed by atoms with E-state index in [0.717, 1.165) is 0 Å². The zero-order valence-electron chi connectivity index (χ0n) is 12.3. The van der Waals surface area contributed by atoms with Crippen LogP contribution in [0.2, 0.25) is 5.02 Å². The van der Waals surface area contributed by atoms with Crippen molar-refractivity contribution in [2.45, 2.75) is 26.0 Å². The minimum Gasteiger partial charge on any atom is -0.467 e. The average Bonchev–Trinajstić information content (AvgIpc) is 3.02. The van der Waals surface area contributed by atoms with E-state index in [1.807, 2.05) is 0 Å². The highest BCUT2D eigenvalue weighted by molar-refractivity contribution is 6.31. The molecule has 7 heteroatoms. The maximum Gasteiger partial charge on any atom is 0.311 e. The van der Waals surface area contributed by atoms with Crippen molar-refractivity contribution in [1.82, 2.24) is 5.32 Å². The van der Waals surface area contributed by atoms with Gasteiger partial charge in [-0.2, -0.15) is 0 Å². The van der Waals surface area contributed by atoms with Crippen LogP contribution in [0.5, 0.6) is 0 Å². The van der Waals surface area contributed by atoms with Gasteiger partial charge in [-0.1, -0.05) is 17.7 Å². The van der Waals surface area contributed by atoms with Gasteiger partial charge in [0.1, 0.15) is 11.6 Å². The smallest absolute Gasteiger partial charge is 0.311 e. The summed E-state index contributed by atoms with van der Waals surface area (Å²) in [6.45, 7) is 1.62. The average molecular weight is 340 g/mol. The molecule has 0 bridgehead atoms. The molecule has 0 unspecified atom stereocenters. The number of benzene rings is 1. The van der Waals surface area contributed by atoms with Gasteiger partial charge in [0, 0.05) is 10.6 Å². The van der Waals surface area contributed by atoms with Gasteiger partial charge in [0.2, 0.25) is 0 Å². The second kappa shape index (κ2) is 7.78. The third-order valence-electron chi connectivity index (χ3n) is 3.08. The van der Waals surface area contributed by atoms with Crippen molar-refractivity contribution in [3.63, 3.8) is 0 Å². The first-order valence-corrected chi connectivity index (χ1v) is 7.27. The maximum absolute atomic E-state index is 13.6. The molecular formula is C16H15ClFNO4. The molecule has 0 radical (unpaired) electrons. The Hall–Kier alpha value is -2.34. The number of rotatable bonds is 6. The van der Waals surface area contributed by atoms with Crippen LogP contribution in [0.25, 0.3) is 0 Å². The molecule has 2 aromatic rings. The van der Waals surface area contributed by atoms with Gasteiger partial charge in [-0.05, 0) is 31.2 Å². The maximum atomic E-state index is 13.6. The molecule has 0 saturated carbocycles. The molecule has 1 amide bonds. The first-order chi connectivity index (χ1) is 11.0. The Kier molecular flexibility index (Phi) is 5.76. The van der Waals surface area contributed by atoms with Crippen molar-refractivity contribution >= 4 is 23.5 Å². The molecule has 0 spiro atoms. The predicted molar refractivity (Wildman–Crippen MR) is 81.2 cm³/mol. The molecule has 1 aromatic heterocycles. The van der Waals surface area contributed by atoms with Gasteiger partial charge < -0.3 is 14.5 Å². The summed E-state index contributed by atoms with van der Waals surface area (Å²) in [5.74, 6) is -1.23. The van der Waals surface area contributed by atoms with Crippen LogP contribution in [-0.2, 0) is 27.3 Å². The van der Waals surface area contributed by atoms with Crippen LogP contribution in [0.3, 0.4) is 0 Å². The fourth-order valence-electron chi connectivity index (χ4n) is 1.87. The number of esters is 1. The number of hydrogen-bond donors (Lipinski definition) is 1. The molecule has 0 fully saturated rings. The van der Waals surface area contributed by atoms with Crippen LogP contribution >= 0.6 is 11.6 Å². The standard InChI is InChI=1S/C16H15ClFNO4/c1-10(16(21)19-9-11-4-3-7-22-11)23-15(20)8-12-13(17)5-2-6-14(12)18/h2-7,10H,8-9H2,1H3,(H,19,21)/t10-/m0/s1. The van der Waals surface area contributed by atoms with Crippen molar-refractivity contribution in [3.8, 4) is 0 Å². The monoisotopic (exact) mass is 339 g/mol. The number of nitrogens with one attached hydrogen (secondary N) is 1. The second-order valence-electron chi connectivity index (χ2n) is 4.81. The minimum atomic E-state index is -1.01. The fraction of sp³-hybridized carbons (Fsp3) is 0.250. The molecular weight excluding hydrogens is 325 g/mol. The van der Waals surface area contributed by atoms with Crippen molar-refractivity contribution in [1.29, 1.82) is 0 Å². The van der Waals surface area contributed by atoms with Gasteiger partial charge in [0.05, 0.1) is 19.2 Å². The van der Waals surface area contributed by atoms with Crippen LogP contribution < -0.4 is 5.32 Å². The van der Waals surface area contributed by atoms with E-state index in [9.17, 15) is 14.0 Å². The summed E-state index contributed by atoms with van der Waals surface area (Å²) in [4.78, 5) is 23.6. The molecule has 5 nitrogen and oxygen atoms in total. The zero-order chi connectivity index (χ0) is 16.8. The number of amides is 1. The summed E-state index contributed by atoms with van der Waals surface area (Å²) < 4.78 is 23.7. The molecule has 0 aliphatic heterocycles. The third kappa shape index (κ3) is 4.82. The highest BCUT2D eigenvalue weighted by Crippen LogP contribution is 2.20. The number of carbonyl (C=O) groups is 2. The Morgan fingerprint density at radius 1 is 1.35 bits per heavy atom. The van der Waals surface area contributed by atoms with Crippen molar-refractivity contribution in [2.75, 3.05) is 0 Å². The van der Waals surface area contributed by atoms with Crippen LogP contribution in [0.4, 0.5) is 4.39 Å². The molecule has 23 heavy (non-hydrogen) atoms. The van der Waals surface area contributed by atoms with E-state index in [0.29, 0.717) is 5.76 Å². The molecule has 0 aliphatic rings. The van der Waals surface area contributed by atoms with E-state index in [4.69, 9.17) is 20.8 Å². The van der Waals surface area contributed by atoms with Gasteiger partial charge >= 0.3 is 5.97 Å². The molecule has 0 aliphatic carbocycles. The molecule has 1 aromatic carbocycles. The van der Waals surface area contributed by atoms with Crippen molar-refractivity contribution in [3.05, 3.63) is 58.8 Å². The van der Waals surface area contributed by atoms with E-state index in [1.165, 1.54) is 31.4 Å². The lowest BCUT2D eigenvalue weighted by Gasteiger charge is -2.13. The lowest BCUT2D eigenvalue weighted by atomic mass is 10.1. The highest BCUT2D eigenvalue weighted by atomic mass is 35.5. The van der Waals surface area contributed by atoms with Gasteiger partial charge in [-0.25, -0.2) is 4.39 Å². The summed E-state index contributed by atoms with van der Waals surface area (Å²) in [5.41, 5.74) is 0.0439. The zero-order valence-corrected chi connectivity index (χ0v) is 13.1. The molecule has 1 atom stereocenters. The van der Waals surface area contributed by atoms with Crippen LogP contribution in [0.1, 0.15) is 18.2 Å². The quantitative estimate of drug-likeness (QED) is 0.822. The lowest BCUT2D eigenvalue weighted by molar-refractivity contribution is -0.154. The Balaban J connectivity index is 1.85. The lowest BCUT2D eigenvalue weighted by Crippen LogP contribution is -2.35. The Morgan fingerprint density at radius 3 is 2.78 bits per heavy atom. The number of halogens is 2. The summed E-state index contributed by atoms with van der Waals surface area (Å²) in [6.07, 6.45) is 0.132.